The van der Waals surface area contributed by atoms with Gasteiger partial charge in [0.15, 0.2) is 0 Å². The van der Waals surface area contributed by atoms with Crippen molar-refractivity contribution in [1.29, 1.82) is 0 Å². The van der Waals surface area contributed by atoms with E-state index < -0.39 is 4.92 Å². The molecule has 2 aromatic carbocycles. The summed E-state index contributed by atoms with van der Waals surface area (Å²) in [5.74, 6) is 7.24. The van der Waals surface area contributed by atoms with E-state index in [1.54, 1.807) is 30.5 Å². The molecule has 1 unspecified atom stereocenters. The summed E-state index contributed by atoms with van der Waals surface area (Å²) in [4.78, 5) is 24.2. The van der Waals surface area contributed by atoms with Crippen molar-refractivity contribution in [2.75, 3.05) is 18.4 Å². The molecule has 1 aliphatic rings. The van der Waals surface area contributed by atoms with Gasteiger partial charge in [0.25, 0.3) is 5.69 Å². The van der Waals surface area contributed by atoms with E-state index in [9.17, 15) is 10.1 Å². The molecule has 0 saturated carbocycles. The summed E-state index contributed by atoms with van der Waals surface area (Å²) >= 11 is 6.43. The Labute approximate surface area is 212 Å². The van der Waals surface area contributed by atoms with Crippen LogP contribution in [0, 0.1) is 27.9 Å². The molecule has 0 amide bonds. The predicted octanol–water partition coefficient (Wildman–Crippen LogP) is 4.87. The van der Waals surface area contributed by atoms with Gasteiger partial charge in [0.1, 0.15) is 30.1 Å². The molecule has 0 bridgehead atoms. The van der Waals surface area contributed by atoms with E-state index in [-0.39, 0.29) is 18.2 Å². The Hall–Kier alpha value is -4.26. The standard InChI is InChI=1S/C26H21ClN6O3/c27-22-12-19(6-7-25(22)36-15-20-3-1-2-9-29-20)32-26-21-13-24(33(34)35)18(11-23(21)30-16-31-26)5-4-17-8-10-28-14-17/h1-3,6-7,9,11-13,16-17,28H,8,10,14-15H2,(H,30,31,32). The molecule has 36 heavy (non-hydrogen) atoms. The zero-order valence-corrected chi connectivity index (χ0v) is 19.8. The quantitative estimate of drug-likeness (QED) is 0.219. The number of hydrogen-bond donors (Lipinski definition) is 2. The highest BCUT2D eigenvalue weighted by atomic mass is 35.5. The fourth-order valence-corrected chi connectivity index (χ4v) is 4.10. The van der Waals surface area contributed by atoms with Crippen molar-refractivity contribution in [3.63, 3.8) is 0 Å². The van der Waals surface area contributed by atoms with Crippen molar-refractivity contribution in [2.24, 2.45) is 5.92 Å². The minimum atomic E-state index is -0.433. The molecule has 3 heterocycles. The Kier molecular flexibility index (Phi) is 6.89. The molecular formula is C26H21ClN6O3. The van der Waals surface area contributed by atoms with Crippen LogP contribution in [-0.4, -0.2) is 33.0 Å². The molecule has 2 aromatic heterocycles. The first-order valence-electron chi connectivity index (χ1n) is 11.3. The van der Waals surface area contributed by atoms with Gasteiger partial charge < -0.3 is 15.4 Å². The van der Waals surface area contributed by atoms with Crippen molar-refractivity contribution in [3.8, 4) is 17.6 Å². The van der Waals surface area contributed by atoms with Gasteiger partial charge in [-0.1, -0.05) is 29.5 Å². The largest absolute Gasteiger partial charge is 0.486 e. The summed E-state index contributed by atoms with van der Waals surface area (Å²) in [7, 11) is 0. The number of nitrogens with zero attached hydrogens (tertiary/aromatic N) is 4. The Morgan fingerprint density at radius 1 is 1.19 bits per heavy atom. The third kappa shape index (κ3) is 5.35. The second-order valence-electron chi connectivity index (χ2n) is 8.20. The van der Waals surface area contributed by atoms with Crippen molar-refractivity contribution >= 4 is 39.7 Å². The summed E-state index contributed by atoms with van der Waals surface area (Å²) in [6.07, 6.45) is 4.03. The van der Waals surface area contributed by atoms with Gasteiger partial charge in [-0.3, -0.25) is 15.1 Å². The number of benzene rings is 2. The van der Waals surface area contributed by atoms with Crippen LogP contribution in [0.1, 0.15) is 17.7 Å². The van der Waals surface area contributed by atoms with E-state index in [2.05, 4.69) is 37.4 Å². The van der Waals surface area contributed by atoms with Gasteiger partial charge in [-0.05, 0) is 49.4 Å². The molecule has 0 aliphatic carbocycles. The molecule has 1 aliphatic heterocycles. The molecule has 4 aromatic rings. The van der Waals surface area contributed by atoms with Crippen molar-refractivity contribution in [1.82, 2.24) is 20.3 Å². The lowest BCUT2D eigenvalue weighted by Crippen LogP contribution is -2.07. The molecule has 0 spiro atoms. The second kappa shape index (κ2) is 10.6. The first-order valence-corrected chi connectivity index (χ1v) is 11.7. The van der Waals surface area contributed by atoms with Crippen LogP contribution < -0.4 is 15.4 Å². The molecule has 180 valence electrons. The van der Waals surface area contributed by atoms with Gasteiger partial charge in [-0.25, -0.2) is 9.97 Å². The molecule has 1 saturated heterocycles. The summed E-state index contributed by atoms with van der Waals surface area (Å²) in [5.41, 5.74) is 2.23. The molecule has 9 nitrogen and oxygen atoms in total. The highest BCUT2D eigenvalue weighted by Crippen LogP contribution is 2.33. The van der Waals surface area contributed by atoms with Crippen LogP contribution in [0.15, 0.2) is 61.1 Å². The SMILES string of the molecule is O=[N+]([O-])c1cc2c(Nc3ccc(OCc4ccccn4)c(Cl)c3)ncnc2cc1C#CC1CCNC1. The fourth-order valence-electron chi connectivity index (χ4n) is 3.87. The van der Waals surface area contributed by atoms with Crippen molar-refractivity contribution in [3.05, 3.63) is 87.4 Å². The van der Waals surface area contributed by atoms with Gasteiger partial charge >= 0.3 is 0 Å². The maximum Gasteiger partial charge on any atom is 0.285 e. The number of pyridine rings is 1. The van der Waals surface area contributed by atoms with Gasteiger partial charge in [0.2, 0.25) is 0 Å². The summed E-state index contributed by atoms with van der Waals surface area (Å²) in [5, 5.41) is 19.1. The van der Waals surface area contributed by atoms with E-state index in [1.807, 2.05) is 18.2 Å². The minimum absolute atomic E-state index is 0.0879. The van der Waals surface area contributed by atoms with Gasteiger partial charge in [-0.2, -0.15) is 0 Å². The molecule has 10 heteroatoms. The number of fused-ring (bicyclic) bond motifs is 1. The summed E-state index contributed by atoms with van der Waals surface area (Å²) in [6.45, 7) is 1.99. The smallest absolute Gasteiger partial charge is 0.285 e. The number of anilines is 2. The number of rotatable bonds is 6. The third-order valence-corrected chi connectivity index (χ3v) is 6.01. The summed E-state index contributed by atoms with van der Waals surface area (Å²) in [6, 6.07) is 13.9. The van der Waals surface area contributed by atoms with Crippen LogP contribution in [-0.2, 0) is 6.61 Å². The average molecular weight is 501 g/mol. The van der Waals surface area contributed by atoms with Crippen LogP contribution in [0.5, 0.6) is 5.75 Å². The maximum absolute atomic E-state index is 11.8. The van der Waals surface area contributed by atoms with Crippen LogP contribution in [0.4, 0.5) is 17.2 Å². The molecule has 5 rings (SSSR count). The molecule has 1 fully saturated rings. The van der Waals surface area contributed by atoms with Crippen LogP contribution >= 0.6 is 11.6 Å². The van der Waals surface area contributed by atoms with E-state index >= 15 is 0 Å². The van der Waals surface area contributed by atoms with E-state index in [0.717, 1.165) is 25.2 Å². The third-order valence-electron chi connectivity index (χ3n) is 5.72. The highest BCUT2D eigenvalue weighted by molar-refractivity contribution is 6.32. The zero-order valence-electron chi connectivity index (χ0n) is 19.1. The number of hydrogen-bond acceptors (Lipinski definition) is 8. The lowest BCUT2D eigenvalue weighted by Gasteiger charge is -2.12. The molecular weight excluding hydrogens is 480 g/mol. The fraction of sp³-hybridized carbons (Fsp3) is 0.192. The lowest BCUT2D eigenvalue weighted by atomic mass is 10.1. The number of ether oxygens (including phenoxy) is 1. The number of nitro groups is 1. The minimum Gasteiger partial charge on any atom is -0.486 e. The van der Waals surface area contributed by atoms with Crippen LogP contribution in [0.2, 0.25) is 5.02 Å². The zero-order chi connectivity index (χ0) is 24.9. The van der Waals surface area contributed by atoms with E-state index in [4.69, 9.17) is 16.3 Å². The number of aromatic nitrogens is 3. The average Bonchev–Trinajstić information content (AvgIpc) is 3.41. The predicted molar refractivity (Wildman–Crippen MR) is 137 cm³/mol. The molecule has 2 N–H and O–H groups in total. The van der Waals surface area contributed by atoms with Gasteiger partial charge in [-0.15, -0.1) is 0 Å². The first kappa shape index (κ1) is 23.5. The Morgan fingerprint density at radius 2 is 2.11 bits per heavy atom. The lowest BCUT2D eigenvalue weighted by molar-refractivity contribution is -0.385. The highest BCUT2D eigenvalue weighted by Gasteiger charge is 2.18. The summed E-state index contributed by atoms with van der Waals surface area (Å²) < 4.78 is 5.77. The van der Waals surface area contributed by atoms with Gasteiger partial charge in [0, 0.05) is 35.8 Å². The first-order chi connectivity index (χ1) is 17.6. The van der Waals surface area contributed by atoms with E-state index in [1.165, 1.54) is 12.4 Å². The number of nitrogens with one attached hydrogen (secondary N) is 2. The van der Waals surface area contributed by atoms with E-state index in [0.29, 0.717) is 38.7 Å². The number of halogens is 1. The van der Waals surface area contributed by atoms with Crippen LogP contribution in [0.25, 0.3) is 10.9 Å². The topological polar surface area (TPSA) is 115 Å². The molecule has 1 atom stereocenters. The van der Waals surface area contributed by atoms with Gasteiger partial charge in [0.05, 0.1) is 21.2 Å². The van der Waals surface area contributed by atoms with Crippen LogP contribution in [0.3, 0.4) is 0 Å². The number of nitro benzene ring substituents is 1. The second-order valence-corrected chi connectivity index (χ2v) is 8.61. The monoisotopic (exact) mass is 500 g/mol. The Morgan fingerprint density at radius 3 is 2.86 bits per heavy atom. The van der Waals surface area contributed by atoms with Crippen molar-refractivity contribution < 1.29 is 9.66 Å². The Balaban J connectivity index is 1.40. The normalized spacial score (nSPS) is 14.8. The maximum atomic E-state index is 11.8. The molecule has 0 radical (unpaired) electrons. The Bertz CT molecular complexity index is 1480. The van der Waals surface area contributed by atoms with Crippen molar-refractivity contribution in [2.45, 2.75) is 13.0 Å².